The summed E-state index contributed by atoms with van der Waals surface area (Å²) in [6.07, 6.45) is 0.793. The second-order valence-corrected chi connectivity index (χ2v) is 9.31. The molecule has 0 radical (unpaired) electrons. The largest absolute Gasteiger partial charge is 0.355 e. The lowest BCUT2D eigenvalue weighted by Gasteiger charge is -2.22. The standard InChI is InChI=1S/C26H31N5O3S/c1-4-27-23(32)16-29-11-6-12-30(14-13-29)24(33)19-9-10-20-21(15-19)28-26(35)31(25(20)34)22-8-5-7-17(2)18(22)3/h5,7-10,15H,4,6,11-14,16H2,1-3H3,(H,27,32)(H,28,35). The molecule has 0 unspecified atom stereocenters. The number of carbonyl (C=O) groups excluding carboxylic acids is 2. The number of benzene rings is 2. The van der Waals surface area contributed by atoms with Gasteiger partial charge in [0.2, 0.25) is 5.91 Å². The van der Waals surface area contributed by atoms with Gasteiger partial charge in [0.25, 0.3) is 11.5 Å². The number of hydrogen-bond donors (Lipinski definition) is 2. The number of nitrogens with one attached hydrogen (secondary N) is 2. The van der Waals surface area contributed by atoms with E-state index in [1.165, 1.54) is 4.57 Å². The number of hydrogen-bond acceptors (Lipinski definition) is 5. The van der Waals surface area contributed by atoms with Crippen molar-refractivity contribution in [2.45, 2.75) is 27.2 Å². The van der Waals surface area contributed by atoms with Gasteiger partial charge in [-0.15, -0.1) is 0 Å². The van der Waals surface area contributed by atoms with E-state index in [1.807, 2.05) is 43.9 Å². The smallest absolute Gasteiger partial charge is 0.266 e. The molecule has 2 heterocycles. The van der Waals surface area contributed by atoms with Crippen molar-refractivity contribution in [1.29, 1.82) is 0 Å². The highest BCUT2D eigenvalue weighted by Crippen LogP contribution is 2.19. The second-order valence-electron chi connectivity index (χ2n) is 8.93. The van der Waals surface area contributed by atoms with E-state index in [4.69, 9.17) is 12.2 Å². The van der Waals surface area contributed by atoms with Gasteiger partial charge in [-0.05, 0) is 74.8 Å². The number of H-pyrrole nitrogens is 1. The highest BCUT2D eigenvalue weighted by molar-refractivity contribution is 7.71. The quantitative estimate of drug-likeness (QED) is 0.534. The molecule has 0 spiro atoms. The van der Waals surface area contributed by atoms with Crippen molar-refractivity contribution in [3.8, 4) is 5.69 Å². The highest BCUT2D eigenvalue weighted by Gasteiger charge is 2.22. The van der Waals surface area contributed by atoms with Crippen LogP contribution in [0.5, 0.6) is 0 Å². The predicted molar refractivity (Wildman–Crippen MR) is 140 cm³/mol. The van der Waals surface area contributed by atoms with E-state index in [1.54, 1.807) is 18.2 Å². The monoisotopic (exact) mass is 493 g/mol. The Hall–Kier alpha value is -3.30. The summed E-state index contributed by atoms with van der Waals surface area (Å²) in [6.45, 7) is 9.38. The van der Waals surface area contributed by atoms with Gasteiger partial charge in [-0.1, -0.05) is 12.1 Å². The van der Waals surface area contributed by atoms with Gasteiger partial charge >= 0.3 is 0 Å². The van der Waals surface area contributed by atoms with Crippen LogP contribution >= 0.6 is 12.2 Å². The molecule has 0 saturated carbocycles. The van der Waals surface area contributed by atoms with Crippen LogP contribution in [0.15, 0.2) is 41.2 Å². The summed E-state index contributed by atoms with van der Waals surface area (Å²) < 4.78 is 1.80. The lowest BCUT2D eigenvalue weighted by Crippen LogP contribution is -2.40. The summed E-state index contributed by atoms with van der Waals surface area (Å²) in [5, 5.41) is 3.29. The Morgan fingerprint density at radius 1 is 1.09 bits per heavy atom. The summed E-state index contributed by atoms with van der Waals surface area (Å²) in [6, 6.07) is 10.9. The number of aromatic nitrogens is 2. The highest BCUT2D eigenvalue weighted by atomic mass is 32.1. The van der Waals surface area contributed by atoms with E-state index < -0.39 is 0 Å². The van der Waals surface area contributed by atoms with Crippen molar-refractivity contribution in [3.63, 3.8) is 0 Å². The summed E-state index contributed by atoms with van der Waals surface area (Å²) in [4.78, 5) is 45.6. The molecule has 2 N–H and O–H groups in total. The number of likely N-dealkylation sites (N-methyl/N-ethyl adjacent to an activating group) is 1. The molecule has 1 aliphatic heterocycles. The van der Waals surface area contributed by atoms with E-state index in [0.717, 1.165) is 29.8 Å². The summed E-state index contributed by atoms with van der Waals surface area (Å²) >= 11 is 5.54. The average Bonchev–Trinajstić information content (AvgIpc) is 3.06. The van der Waals surface area contributed by atoms with E-state index in [0.29, 0.717) is 49.2 Å². The van der Waals surface area contributed by atoms with Crippen molar-refractivity contribution in [2.24, 2.45) is 0 Å². The van der Waals surface area contributed by atoms with Gasteiger partial charge in [0.1, 0.15) is 0 Å². The number of aromatic amines is 1. The van der Waals surface area contributed by atoms with Gasteiger partial charge in [-0.3, -0.25) is 23.9 Å². The number of nitrogens with zero attached hydrogens (tertiary/aromatic N) is 3. The van der Waals surface area contributed by atoms with Crippen LogP contribution in [0.3, 0.4) is 0 Å². The minimum Gasteiger partial charge on any atom is -0.355 e. The zero-order chi connectivity index (χ0) is 25.1. The van der Waals surface area contributed by atoms with Gasteiger partial charge in [0.05, 0.1) is 23.1 Å². The van der Waals surface area contributed by atoms with Crippen molar-refractivity contribution >= 4 is 34.9 Å². The fraction of sp³-hybridized carbons (Fsp3) is 0.385. The van der Waals surface area contributed by atoms with E-state index in [2.05, 4.69) is 15.2 Å². The minimum atomic E-state index is -0.216. The third kappa shape index (κ3) is 5.21. The lowest BCUT2D eigenvalue weighted by atomic mass is 10.1. The molecule has 1 aliphatic rings. The predicted octanol–water partition coefficient (Wildman–Crippen LogP) is 2.95. The Balaban J connectivity index is 1.59. The summed E-state index contributed by atoms with van der Waals surface area (Å²) in [5.41, 5.74) is 3.64. The number of amides is 2. The fourth-order valence-electron chi connectivity index (χ4n) is 4.52. The molecular formula is C26H31N5O3S. The Bertz CT molecular complexity index is 1390. The molecule has 0 atom stereocenters. The second kappa shape index (κ2) is 10.5. The third-order valence-corrected chi connectivity index (χ3v) is 6.86. The Kier molecular flexibility index (Phi) is 7.47. The molecule has 8 nitrogen and oxygen atoms in total. The van der Waals surface area contributed by atoms with Crippen molar-refractivity contribution < 1.29 is 9.59 Å². The van der Waals surface area contributed by atoms with Gasteiger partial charge in [0, 0.05) is 38.3 Å². The van der Waals surface area contributed by atoms with E-state index >= 15 is 0 Å². The summed E-state index contributed by atoms with van der Waals surface area (Å²) in [5.74, 6) is -0.0895. The maximum atomic E-state index is 13.4. The zero-order valence-corrected chi connectivity index (χ0v) is 21.2. The van der Waals surface area contributed by atoms with Crippen LogP contribution in [0.2, 0.25) is 0 Å². The lowest BCUT2D eigenvalue weighted by molar-refractivity contribution is -0.122. The number of aryl methyl sites for hydroxylation is 1. The summed E-state index contributed by atoms with van der Waals surface area (Å²) in [7, 11) is 0. The van der Waals surface area contributed by atoms with E-state index in [-0.39, 0.29) is 22.1 Å². The molecule has 1 fully saturated rings. The maximum absolute atomic E-state index is 13.4. The fourth-order valence-corrected chi connectivity index (χ4v) is 4.81. The number of rotatable bonds is 5. The minimum absolute atomic E-state index is 0.00331. The van der Waals surface area contributed by atoms with Crippen LogP contribution in [0.1, 0.15) is 34.8 Å². The van der Waals surface area contributed by atoms with Crippen LogP contribution in [-0.2, 0) is 4.79 Å². The zero-order valence-electron chi connectivity index (χ0n) is 20.4. The van der Waals surface area contributed by atoms with Crippen molar-refractivity contribution in [2.75, 3.05) is 39.3 Å². The molecule has 1 aromatic heterocycles. The molecule has 35 heavy (non-hydrogen) atoms. The van der Waals surface area contributed by atoms with Crippen LogP contribution in [0, 0.1) is 18.6 Å². The van der Waals surface area contributed by atoms with Crippen molar-refractivity contribution in [1.82, 2.24) is 24.7 Å². The van der Waals surface area contributed by atoms with Crippen LogP contribution in [0.25, 0.3) is 16.6 Å². The Labute approximate surface area is 209 Å². The molecule has 2 aromatic carbocycles. The molecule has 0 bridgehead atoms. The Morgan fingerprint density at radius 2 is 1.89 bits per heavy atom. The molecule has 9 heteroatoms. The topological polar surface area (TPSA) is 90.4 Å². The first kappa shape index (κ1) is 24.8. The van der Waals surface area contributed by atoms with Gasteiger partial charge in [-0.2, -0.15) is 0 Å². The molecule has 3 aromatic rings. The molecule has 4 rings (SSSR count). The first-order chi connectivity index (χ1) is 16.8. The normalized spacial score (nSPS) is 14.7. The van der Waals surface area contributed by atoms with E-state index in [9.17, 15) is 14.4 Å². The Morgan fingerprint density at radius 3 is 2.66 bits per heavy atom. The molecule has 1 saturated heterocycles. The van der Waals surface area contributed by atoms with Crippen molar-refractivity contribution in [3.05, 3.63) is 68.2 Å². The SMILES string of the molecule is CCNC(=O)CN1CCCN(C(=O)c2ccc3c(=O)n(-c4cccc(C)c4C)c(=S)[nH]c3c2)CC1. The third-order valence-electron chi connectivity index (χ3n) is 6.58. The first-order valence-corrected chi connectivity index (χ1v) is 12.3. The van der Waals surface area contributed by atoms with Crippen LogP contribution in [-0.4, -0.2) is 70.4 Å². The molecule has 0 aliphatic carbocycles. The molecule has 2 amide bonds. The van der Waals surface area contributed by atoms with Gasteiger partial charge in [-0.25, -0.2) is 0 Å². The van der Waals surface area contributed by atoms with Gasteiger partial charge in [0.15, 0.2) is 4.77 Å². The number of fused-ring (bicyclic) bond motifs is 1. The van der Waals surface area contributed by atoms with Crippen LogP contribution in [0.4, 0.5) is 0 Å². The van der Waals surface area contributed by atoms with Gasteiger partial charge < -0.3 is 15.2 Å². The molecule has 184 valence electrons. The van der Waals surface area contributed by atoms with Crippen LogP contribution < -0.4 is 10.9 Å². The first-order valence-electron chi connectivity index (χ1n) is 11.9. The molecular weight excluding hydrogens is 462 g/mol. The maximum Gasteiger partial charge on any atom is 0.266 e. The number of carbonyl (C=O) groups is 2. The average molecular weight is 494 g/mol.